The number of carboxylic acids is 1. The molecule has 384 valence electrons. The van der Waals surface area contributed by atoms with Crippen LogP contribution in [0.2, 0.25) is 0 Å². The summed E-state index contributed by atoms with van der Waals surface area (Å²) in [4.78, 5) is 24.8. The molecule has 0 radical (unpaired) electrons. The lowest BCUT2D eigenvalue weighted by Gasteiger charge is -2.32. The summed E-state index contributed by atoms with van der Waals surface area (Å²) in [5, 5.41) is 19.2. The second-order valence-electron chi connectivity index (χ2n) is 22.1. The fraction of sp³-hybridized carbons (Fsp3) is 0.564. The summed E-state index contributed by atoms with van der Waals surface area (Å²) in [6, 6.07) is 12.2. The van der Waals surface area contributed by atoms with Gasteiger partial charge in [0.2, 0.25) is 0 Å². The third kappa shape index (κ3) is 13.7. The van der Waals surface area contributed by atoms with E-state index < -0.39 is 35.3 Å². The first-order valence-electron chi connectivity index (χ1n) is 25.0. The molecule has 71 heavy (non-hydrogen) atoms. The number of aliphatic carboxylic acids is 1. The van der Waals surface area contributed by atoms with Crippen LogP contribution in [0.15, 0.2) is 59.1 Å². The molecule has 4 aromatic rings. The largest absolute Gasteiger partial charge is 0.493 e. The predicted molar refractivity (Wildman–Crippen MR) is 279 cm³/mol. The maximum Gasteiger partial charge on any atom is 0.486 e. The van der Waals surface area contributed by atoms with E-state index in [9.17, 15) is 14.7 Å². The second kappa shape index (κ2) is 21.8. The maximum absolute atomic E-state index is 12.5. The second-order valence-corrected chi connectivity index (χ2v) is 22.9. The third-order valence-electron chi connectivity index (χ3n) is 13.2. The number of aromatic nitrogens is 4. The zero-order valence-corrected chi connectivity index (χ0v) is 45.6. The van der Waals surface area contributed by atoms with E-state index in [1.54, 1.807) is 23.5 Å². The van der Waals surface area contributed by atoms with Crippen molar-refractivity contribution in [1.29, 1.82) is 0 Å². The Balaban J connectivity index is 0.000000166. The van der Waals surface area contributed by atoms with Gasteiger partial charge in [-0.2, -0.15) is 10.2 Å². The Bertz CT molecular complexity index is 2600. The van der Waals surface area contributed by atoms with Crippen LogP contribution in [-0.2, 0) is 60.0 Å². The first-order valence-corrected chi connectivity index (χ1v) is 25.8. The summed E-state index contributed by atoms with van der Waals surface area (Å²) >= 11 is 3.55. The zero-order chi connectivity index (χ0) is 51.6. The molecular formula is C55H74BBrN4O10. The van der Waals surface area contributed by atoms with E-state index in [0.717, 1.165) is 95.4 Å². The molecule has 1 N–H and O–H groups in total. The average Bonchev–Trinajstić information content (AvgIpc) is 4.23. The minimum absolute atomic E-state index is 0.152. The average molecular weight is 1040 g/mol. The number of fused-ring (bicyclic) bond motifs is 2. The van der Waals surface area contributed by atoms with E-state index in [4.69, 9.17) is 33.0 Å². The molecule has 3 aliphatic heterocycles. The quantitative estimate of drug-likeness (QED) is 0.106. The first kappa shape index (κ1) is 54.0. The minimum Gasteiger partial charge on any atom is -0.493 e. The van der Waals surface area contributed by atoms with E-state index >= 15 is 0 Å². The summed E-state index contributed by atoms with van der Waals surface area (Å²) in [7, 11) is 4.80. The van der Waals surface area contributed by atoms with Gasteiger partial charge in [0, 0.05) is 25.2 Å². The molecule has 5 aliphatic rings. The van der Waals surface area contributed by atoms with Gasteiger partial charge in [0.1, 0.15) is 16.1 Å². The Morgan fingerprint density at radius 2 is 1.24 bits per heavy atom. The number of carbonyl (C=O) groups excluding carboxylic acids is 1. The van der Waals surface area contributed by atoms with E-state index in [1.807, 2.05) is 71.9 Å². The predicted octanol–water partition coefficient (Wildman–Crippen LogP) is 11.6. The number of esters is 1. The number of rotatable bonds is 12. The van der Waals surface area contributed by atoms with Crippen molar-refractivity contribution in [3.63, 3.8) is 0 Å². The van der Waals surface area contributed by atoms with Crippen LogP contribution >= 0.6 is 15.9 Å². The van der Waals surface area contributed by atoms with Crippen LogP contribution in [0.4, 0.5) is 0 Å². The van der Waals surface area contributed by atoms with Gasteiger partial charge >= 0.3 is 19.1 Å². The van der Waals surface area contributed by atoms with Crippen molar-refractivity contribution in [2.45, 2.75) is 155 Å². The molecule has 3 fully saturated rings. The SMILES string of the molecule is CC1(C)OB(/C=C/C2CC2)OC1(C)C.COC(=O)C(OC(C)(C)C)c1c(-c2ccc3c(c2)CCCO3)c(Br)nn1C.Cn1nc(/C=C/C2CC2)c(-c2ccc3c(c2)CCCO3)c1C(OC(C)(C)C)C(=O)O. The van der Waals surface area contributed by atoms with Crippen molar-refractivity contribution in [3.8, 4) is 33.8 Å². The number of nitrogens with zero attached hydrogens (tertiary/aromatic N) is 4. The normalized spacial score (nSPS) is 19.1. The number of halogens is 1. The summed E-state index contributed by atoms with van der Waals surface area (Å²) in [6.45, 7) is 21.1. The van der Waals surface area contributed by atoms with Gasteiger partial charge in [0.15, 0.2) is 12.2 Å². The van der Waals surface area contributed by atoms with Gasteiger partial charge < -0.3 is 38.1 Å². The van der Waals surface area contributed by atoms with Gasteiger partial charge in [-0.15, -0.1) is 0 Å². The lowest BCUT2D eigenvalue weighted by Crippen LogP contribution is -2.41. The molecular weight excluding hydrogens is 967 g/mol. The smallest absolute Gasteiger partial charge is 0.486 e. The molecule has 2 aromatic heterocycles. The standard InChI is InChI=1S/C24H30N2O4.C20H25BrN2O4.C11H19BO2/c1-24(2,3)30-22(23(27)28)21-20(18(25-26(21)4)11-9-15-7-8-15)17-10-12-19-16(14-17)6-5-13-29-19;1-20(2,3)27-17(19(24)25-5)16-15(18(21)22-23(16)4)13-8-9-14-12(11-13)7-6-10-26-14;1-10(2)11(3,4)14-12(13-10)8-7-9-5-6-9/h9-12,14-15,22H,5-8,13H2,1-4H3,(H,27,28);8-9,11,17H,6-7,10H2,1-5H3;7-9H,5-6H2,1-4H3/b11-9+;;8-7+. The molecule has 2 unspecified atom stereocenters. The van der Waals surface area contributed by atoms with Crippen LogP contribution in [-0.4, -0.2) is 86.5 Å². The number of hydrogen-bond acceptors (Lipinski definition) is 11. The number of carbonyl (C=O) groups is 2. The summed E-state index contributed by atoms with van der Waals surface area (Å²) in [6.07, 6.45) is 13.4. The van der Waals surface area contributed by atoms with Crippen LogP contribution in [0.1, 0.15) is 148 Å². The fourth-order valence-electron chi connectivity index (χ4n) is 8.65. The lowest BCUT2D eigenvalue weighted by molar-refractivity contribution is -0.165. The molecule has 2 saturated carbocycles. The number of methoxy groups -OCH3 is 1. The van der Waals surface area contributed by atoms with Gasteiger partial charge in [0.05, 0.1) is 59.8 Å². The maximum atomic E-state index is 12.5. The lowest BCUT2D eigenvalue weighted by atomic mass is 9.89. The summed E-state index contributed by atoms with van der Waals surface area (Å²) in [5.74, 6) is 3.80. The Morgan fingerprint density at radius 3 is 1.73 bits per heavy atom. The molecule has 1 saturated heterocycles. The number of ether oxygens (including phenoxy) is 5. The Kier molecular flexibility index (Phi) is 16.6. The van der Waals surface area contributed by atoms with Crippen LogP contribution < -0.4 is 9.47 Å². The highest BCUT2D eigenvalue weighted by atomic mass is 79.9. The Morgan fingerprint density at radius 1 is 0.761 bits per heavy atom. The van der Waals surface area contributed by atoms with Gasteiger partial charge in [-0.05, 0) is 201 Å². The van der Waals surface area contributed by atoms with E-state index in [2.05, 4.69) is 84.1 Å². The Hall–Kier alpha value is -4.74. The first-order chi connectivity index (χ1) is 33.3. The molecule has 2 aromatic carbocycles. The van der Waals surface area contributed by atoms with Gasteiger partial charge in [-0.25, -0.2) is 9.59 Å². The van der Waals surface area contributed by atoms with Crippen LogP contribution in [0, 0.1) is 11.8 Å². The molecule has 0 amide bonds. The fourth-order valence-corrected chi connectivity index (χ4v) is 9.32. The molecule has 16 heteroatoms. The molecule has 14 nitrogen and oxygen atoms in total. The van der Waals surface area contributed by atoms with Crippen molar-refractivity contribution in [3.05, 3.63) is 87.3 Å². The summed E-state index contributed by atoms with van der Waals surface area (Å²) in [5.41, 5.74) is 6.30. The Labute approximate surface area is 429 Å². The van der Waals surface area contributed by atoms with Crippen LogP contribution in [0.3, 0.4) is 0 Å². The van der Waals surface area contributed by atoms with E-state index in [0.29, 0.717) is 21.9 Å². The number of carboxylic acid groups (broad SMARTS) is 1. The van der Waals surface area contributed by atoms with Crippen molar-refractivity contribution >= 4 is 41.1 Å². The molecule has 2 aliphatic carbocycles. The number of allylic oxidation sites excluding steroid dienone is 2. The number of hydrogen-bond donors (Lipinski definition) is 1. The molecule has 0 bridgehead atoms. The van der Waals surface area contributed by atoms with Gasteiger partial charge in [0.25, 0.3) is 0 Å². The van der Waals surface area contributed by atoms with E-state index in [-0.39, 0.29) is 18.3 Å². The highest BCUT2D eigenvalue weighted by molar-refractivity contribution is 9.10. The third-order valence-corrected chi connectivity index (χ3v) is 13.8. The monoisotopic (exact) mass is 1040 g/mol. The summed E-state index contributed by atoms with van der Waals surface area (Å²) < 4.78 is 44.2. The topological polar surface area (TPSA) is 155 Å². The van der Waals surface area contributed by atoms with Gasteiger partial charge in [-0.1, -0.05) is 30.3 Å². The molecule has 0 spiro atoms. The van der Waals surface area contributed by atoms with Crippen molar-refractivity contribution < 1.29 is 47.7 Å². The number of aryl methyl sites for hydroxylation is 4. The van der Waals surface area contributed by atoms with Crippen molar-refractivity contribution in [2.75, 3.05) is 20.3 Å². The van der Waals surface area contributed by atoms with Gasteiger partial charge in [-0.3, -0.25) is 9.36 Å². The van der Waals surface area contributed by atoms with Crippen LogP contribution in [0.25, 0.3) is 28.3 Å². The minimum atomic E-state index is -1.12. The van der Waals surface area contributed by atoms with Crippen molar-refractivity contribution in [1.82, 2.24) is 19.6 Å². The van der Waals surface area contributed by atoms with Crippen molar-refractivity contribution in [2.24, 2.45) is 25.9 Å². The molecule has 9 rings (SSSR count). The molecule has 5 heterocycles. The van der Waals surface area contributed by atoms with E-state index in [1.165, 1.54) is 32.8 Å². The molecule has 2 atom stereocenters. The highest BCUT2D eigenvalue weighted by Crippen LogP contribution is 2.43. The highest BCUT2D eigenvalue weighted by Gasteiger charge is 2.50. The zero-order valence-electron chi connectivity index (χ0n) is 44.0. The number of benzene rings is 2. The van der Waals surface area contributed by atoms with Crippen LogP contribution in [0.5, 0.6) is 11.5 Å².